The van der Waals surface area contributed by atoms with Crippen molar-refractivity contribution < 1.29 is 23.6 Å². The lowest BCUT2D eigenvalue weighted by Gasteiger charge is -2.64. The quantitative estimate of drug-likeness (QED) is 0.456. The van der Waals surface area contributed by atoms with Crippen LogP contribution in [0.4, 0.5) is 0 Å². The third kappa shape index (κ3) is 4.53. The first kappa shape index (κ1) is 25.1. The SMILES string of the molecule is Cc1c(CCB2O[C@@H]3C[C@@H]4C[C@@H](C4(C)C)[C@]3(C)O2)ccc(O[C@@H]2CCNC2)c1C(=O)OC(C)(C)C. The fourth-order valence-corrected chi connectivity index (χ4v) is 6.94. The molecule has 192 valence electrons. The molecule has 5 atom stereocenters. The van der Waals surface area contributed by atoms with Crippen LogP contribution in [-0.2, 0) is 20.5 Å². The van der Waals surface area contributed by atoms with Gasteiger partial charge in [-0.05, 0) is 108 Å². The second kappa shape index (κ2) is 8.78. The predicted molar refractivity (Wildman–Crippen MR) is 137 cm³/mol. The standard InChI is InChI=1S/C28H42BNO5/c1-17-18(10-12-29-34-23-15-19-14-22(27(19,5)6)28(23,7)35-29)8-9-21(32-20-11-13-30-16-20)24(17)25(31)33-26(2,3)4/h8-9,19-20,22-23,30H,10-16H2,1-7H3/t19-,20+,22-,23+,28-/m0/s1. The summed E-state index contributed by atoms with van der Waals surface area (Å²) in [6.07, 6.45) is 5.10. The average molecular weight is 483 g/mol. The zero-order chi connectivity index (χ0) is 25.2. The Balaban J connectivity index is 1.32. The molecule has 2 bridgehead atoms. The highest BCUT2D eigenvalue weighted by Gasteiger charge is 2.67. The van der Waals surface area contributed by atoms with Gasteiger partial charge in [0, 0.05) is 6.54 Å². The maximum atomic E-state index is 13.2. The fourth-order valence-electron chi connectivity index (χ4n) is 6.94. The smallest absolute Gasteiger partial charge is 0.457 e. The molecule has 5 aliphatic rings. The topological polar surface area (TPSA) is 66.0 Å². The van der Waals surface area contributed by atoms with Crippen molar-refractivity contribution in [3.63, 3.8) is 0 Å². The van der Waals surface area contributed by atoms with E-state index in [1.54, 1.807) is 0 Å². The number of nitrogens with one attached hydrogen (secondary N) is 1. The van der Waals surface area contributed by atoms with Crippen molar-refractivity contribution in [2.24, 2.45) is 17.3 Å². The molecule has 5 fully saturated rings. The molecule has 35 heavy (non-hydrogen) atoms. The summed E-state index contributed by atoms with van der Waals surface area (Å²) in [4.78, 5) is 13.2. The minimum Gasteiger partial charge on any atom is -0.488 e. The van der Waals surface area contributed by atoms with Crippen LogP contribution < -0.4 is 10.1 Å². The van der Waals surface area contributed by atoms with E-state index < -0.39 is 5.60 Å². The van der Waals surface area contributed by atoms with E-state index in [9.17, 15) is 4.79 Å². The van der Waals surface area contributed by atoms with Crippen molar-refractivity contribution >= 4 is 13.1 Å². The molecule has 0 spiro atoms. The first-order valence-electron chi connectivity index (χ1n) is 13.4. The van der Waals surface area contributed by atoms with E-state index in [1.165, 1.54) is 6.42 Å². The molecule has 6 rings (SSSR count). The van der Waals surface area contributed by atoms with Gasteiger partial charge in [0.2, 0.25) is 0 Å². The van der Waals surface area contributed by atoms with Gasteiger partial charge < -0.3 is 24.1 Å². The van der Waals surface area contributed by atoms with Gasteiger partial charge in [-0.15, -0.1) is 0 Å². The number of ether oxygens (including phenoxy) is 2. The minimum absolute atomic E-state index is 0.0707. The first-order chi connectivity index (χ1) is 16.4. The third-order valence-electron chi connectivity index (χ3n) is 9.10. The molecule has 7 heteroatoms. The fraction of sp³-hybridized carbons (Fsp3) is 0.750. The number of benzene rings is 1. The summed E-state index contributed by atoms with van der Waals surface area (Å²) in [5, 5.41) is 3.32. The van der Waals surface area contributed by atoms with E-state index in [4.69, 9.17) is 18.8 Å². The van der Waals surface area contributed by atoms with Gasteiger partial charge in [-0.1, -0.05) is 19.9 Å². The summed E-state index contributed by atoms with van der Waals surface area (Å²) >= 11 is 0. The van der Waals surface area contributed by atoms with Crippen LogP contribution in [0, 0.1) is 24.2 Å². The monoisotopic (exact) mass is 483 g/mol. The van der Waals surface area contributed by atoms with Gasteiger partial charge in [-0.3, -0.25) is 0 Å². The Morgan fingerprint density at radius 2 is 2.00 bits per heavy atom. The zero-order valence-electron chi connectivity index (χ0n) is 22.5. The van der Waals surface area contributed by atoms with Gasteiger partial charge in [0.25, 0.3) is 0 Å². The number of hydrogen-bond donors (Lipinski definition) is 1. The van der Waals surface area contributed by atoms with Gasteiger partial charge in [0.05, 0.1) is 11.7 Å². The lowest BCUT2D eigenvalue weighted by atomic mass is 9.43. The van der Waals surface area contributed by atoms with Crippen LogP contribution in [0.5, 0.6) is 5.75 Å². The van der Waals surface area contributed by atoms with Crippen LogP contribution >= 0.6 is 0 Å². The van der Waals surface area contributed by atoms with Gasteiger partial charge in [0.15, 0.2) is 0 Å². The van der Waals surface area contributed by atoms with Crippen LogP contribution in [0.25, 0.3) is 0 Å². The summed E-state index contributed by atoms with van der Waals surface area (Å²) < 4.78 is 25.1. The summed E-state index contributed by atoms with van der Waals surface area (Å²) in [5.74, 6) is 1.59. The van der Waals surface area contributed by atoms with Crippen molar-refractivity contribution in [3.05, 3.63) is 28.8 Å². The minimum atomic E-state index is -0.572. The third-order valence-corrected chi connectivity index (χ3v) is 9.10. The van der Waals surface area contributed by atoms with Gasteiger partial charge in [0.1, 0.15) is 23.0 Å². The van der Waals surface area contributed by atoms with E-state index in [0.29, 0.717) is 22.6 Å². The molecule has 0 aromatic heterocycles. The molecule has 1 aromatic rings. The second-order valence-electron chi connectivity index (χ2n) is 12.9. The Kier molecular flexibility index (Phi) is 6.29. The van der Waals surface area contributed by atoms with Crippen LogP contribution in [0.2, 0.25) is 6.32 Å². The molecule has 2 aliphatic heterocycles. The van der Waals surface area contributed by atoms with Crippen molar-refractivity contribution in [2.75, 3.05) is 13.1 Å². The summed E-state index contributed by atoms with van der Waals surface area (Å²) in [5.41, 5.74) is 2.16. The molecule has 6 nitrogen and oxygen atoms in total. The summed E-state index contributed by atoms with van der Waals surface area (Å²) in [7, 11) is -0.204. The van der Waals surface area contributed by atoms with Gasteiger partial charge in [-0.2, -0.15) is 0 Å². The van der Waals surface area contributed by atoms with Crippen LogP contribution in [0.3, 0.4) is 0 Å². The van der Waals surface area contributed by atoms with E-state index in [0.717, 1.165) is 55.7 Å². The molecular weight excluding hydrogens is 441 g/mol. The number of carbonyl (C=O) groups is 1. The number of hydrogen-bond acceptors (Lipinski definition) is 6. The summed E-state index contributed by atoms with van der Waals surface area (Å²) in [6.45, 7) is 16.4. The van der Waals surface area contributed by atoms with Crippen LogP contribution in [-0.4, -0.2) is 49.6 Å². The van der Waals surface area contributed by atoms with Crippen molar-refractivity contribution in [3.8, 4) is 5.75 Å². The van der Waals surface area contributed by atoms with E-state index in [-0.39, 0.29) is 30.9 Å². The molecule has 2 heterocycles. The Morgan fingerprint density at radius 1 is 1.23 bits per heavy atom. The molecule has 3 aliphatic carbocycles. The lowest BCUT2D eigenvalue weighted by Crippen LogP contribution is -2.65. The Hall–Kier alpha value is -1.57. The number of carbonyl (C=O) groups excluding carboxylic acids is 1. The van der Waals surface area contributed by atoms with Gasteiger partial charge in [-0.25, -0.2) is 4.79 Å². The van der Waals surface area contributed by atoms with E-state index in [2.05, 4.69) is 32.2 Å². The first-order valence-corrected chi connectivity index (χ1v) is 13.4. The largest absolute Gasteiger partial charge is 0.488 e. The predicted octanol–water partition coefficient (Wildman–Crippen LogP) is 4.96. The van der Waals surface area contributed by atoms with Crippen LogP contribution in [0.15, 0.2) is 12.1 Å². The highest BCUT2D eigenvalue weighted by Crippen LogP contribution is 2.65. The molecule has 0 radical (unpaired) electrons. The van der Waals surface area contributed by atoms with E-state index >= 15 is 0 Å². The zero-order valence-corrected chi connectivity index (χ0v) is 22.5. The van der Waals surface area contributed by atoms with Crippen molar-refractivity contribution in [1.29, 1.82) is 0 Å². The van der Waals surface area contributed by atoms with Crippen molar-refractivity contribution in [2.45, 2.75) is 104 Å². The number of esters is 1. The molecule has 0 unspecified atom stereocenters. The Labute approximate surface area is 210 Å². The Bertz CT molecular complexity index is 982. The maximum Gasteiger partial charge on any atom is 0.457 e. The maximum absolute atomic E-state index is 13.2. The van der Waals surface area contributed by atoms with Crippen LogP contribution in [0.1, 0.15) is 82.3 Å². The Morgan fingerprint density at radius 3 is 2.66 bits per heavy atom. The van der Waals surface area contributed by atoms with Crippen molar-refractivity contribution in [1.82, 2.24) is 5.32 Å². The highest BCUT2D eigenvalue weighted by atomic mass is 16.7. The number of rotatable bonds is 6. The molecule has 0 amide bonds. The lowest BCUT2D eigenvalue weighted by molar-refractivity contribution is -0.199. The normalized spacial score (nSPS) is 33.3. The van der Waals surface area contributed by atoms with Gasteiger partial charge >= 0.3 is 13.1 Å². The average Bonchev–Trinajstić information content (AvgIpc) is 3.38. The van der Waals surface area contributed by atoms with E-state index in [1.807, 2.05) is 33.8 Å². The molecule has 1 aromatic carbocycles. The number of aryl methyl sites for hydroxylation is 1. The molecule has 2 saturated heterocycles. The molecule has 1 N–H and O–H groups in total. The molecule has 3 saturated carbocycles. The summed E-state index contributed by atoms with van der Waals surface area (Å²) in [6, 6.07) is 4.03. The highest BCUT2D eigenvalue weighted by molar-refractivity contribution is 6.45. The molecular formula is C28H42BNO5. The second-order valence-corrected chi connectivity index (χ2v) is 12.9.